The number of ether oxygens (including phenoxy) is 2. The molecule has 0 amide bonds. The van der Waals surface area contributed by atoms with Crippen LogP contribution in [-0.2, 0) is 9.59 Å². The highest BCUT2D eigenvalue weighted by Crippen LogP contribution is 2.63. The second-order valence-electron chi connectivity index (χ2n) is 7.03. The lowest BCUT2D eigenvalue weighted by molar-refractivity contribution is -0.130. The van der Waals surface area contributed by atoms with Gasteiger partial charge in [0, 0.05) is 34.1 Å². The van der Waals surface area contributed by atoms with Gasteiger partial charge in [0.2, 0.25) is 0 Å². The maximum absolute atomic E-state index is 12.0. The fourth-order valence-corrected chi connectivity index (χ4v) is 4.58. The first-order valence-electron chi connectivity index (χ1n) is 8.82. The molecule has 0 aromatic heterocycles. The minimum absolute atomic E-state index is 0.299. The first-order valence-corrected chi connectivity index (χ1v) is 8.82. The van der Waals surface area contributed by atoms with Gasteiger partial charge in [-0.25, -0.2) is 9.59 Å². The molecule has 4 rings (SSSR count). The molecular weight excluding hydrogens is 328 g/mol. The Bertz CT molecular complexity index is 956. The summed E-state index contributed by atoms with van der Waals surface area (Å²) >= 11 is 0. The van der Waals surface area contributed by atoms with Crippen LogP contribution in [0.25, 0.3) is 10.8 Å². The van der Waals surface area contributed by atoms with E-state index in [9.17, 15) is 9.59 Å². The van der Waals surface area contributed by atoms with E-state index < -0.39 is 11.9 Å². The van der Waals surface area contributed by atoms with Crippen LogP contribution in [-0.4, -0.2) is 11.9 Å². The third kappa shape index (κ3) is 2.37. The Hall–Kier alpha value is -2.88. The highest BCUT2D eigenvalue weighted by atomic mass is 16.5. The molecule has 0 N–H and O–H groups in total. The van der Waals surface area contributed by atoms with Gasteiger partial charge >= 0.3 is 11.9 Å². The molecule has 0 radical (unpaired) electrons. The normalized spacial score (nSPS) is 22.7. The SMILES string of the molecule is C=CC(=O)Oc1c2c(c(OC(=O)C=C)c3ccccc13)C1CC2CC1C. The van der Waals surface area contributed by atoms with E-state index in [1.54, 1.807) is 0 Å². The van der Waals surface area contributed by atoms with Crippen LogP contribution in [0.5, 0.6) is 11.5 Å². The number of hydrogen-bond donors (Lipinski definition) is 0. The number of rotatable bonds is 4. The Morgan fingerprint density at radius 2 is 1.50 bits per heavy atom. The van der Waals surface area contributed by atoms with Gasteiger partial charge in [0.05, 0.1) is 0 Å². The number of benzene rings is 2. The second kappa shape index (κ2) is 6.13. The summed E-state index contributed by atoms with van der Waals surface area (Å²) in [6.45, 7) is 9.23. The number of hydrogen-bond acceptors (Lipinski definition) is 4. The first kappa shape index (κ1) is 16.6. The lowest BCUT2D eigenvalue weighted by Crippen LogP contribution is -2.15. The predicted molar refractivity (Wildman–Crippen MR) is 99.5 cm³/mol. The number of esters is 2. The van der Waals surface area contributed by atoms with Gasteiger partial charge in [0.1, 0.15) is 11.5 Å². The van der Waals surface area contributed by atoms with Crippen molar-refractivity contribution < 1.29 is 19.1 Å². The molecule has 2 aliphatic rings. The number of fused-ring (bicyclic) bond motifs is 6. The summed E-state index contributed by atoms with van der Waals surface area (Å²) in [7, 11) is 0. The maximum Gasteiger partial charge on any atom is 0.335 e. The standard InChI is InChI=1S/C22H20O4/c1-4-17(23)25-21-14-8-6-7-9-15(14)22(26-18(24)5-2)20-16-11-13(19(20)21)10-12(16)3/h4-9,12-13,16H,1-2,10-11H2,3H3. The molecule has 0 aliphatic heterocycles. The van der Waals surface area contributed by atoms with Crippen molar-refractivity contribution in [3.63, 3.8) is 0 Å². The summed E-state index contributed by atoms with van der Waals surface area (Å²) in [5, 5.41) is 1.54. The highest BCUT2D eigenvalue weighted by molar-refractivity contribution is 6.01. The fraction of sp³-hybridized carbons (Fsp3) is 0.273. The van der Waals surface area contributed by atoms with Gasteiger partial charge in [-0.1, -0.05) is 44.3 Å². The molecule has 0 spiro atoms. The Morgan fingerprint density at radius 1 is 0.962 bits per heavy atom. The van der Waals surface area contributed by atoms with Gasteiger partial charge in [0.25, 0.3) is 0 Å². The van der Waals surface area contributed by atoms with E-state index in [4.69, 9.17) is 9.47 Å². The Balaban J connectivity index is 2.04. The van der Waals surface area contributed by atoms with Crippen molar-refractivity contribution in [2.75, 3.05) is 0 Å². The summed E-state index contributed by atoms with van der Waals surface area (Å²) < 4.78 is 11.4. The quantitative estimate of drug-likeness (QED) is 0.459. The minimum Gasteiger partial charge on any atom is -0.422 e. The summed E-state index contributed by atoms with van der Waals surface area (Å²) in [5.74, 6) is 1.30. The van der Waals surface area contributed by atoms with E-state index >= 15 is 0 Å². The van der Waals surface area contributed by atoms with E-state index in [-0.39, 0.29) is 0 Å². The van der Waals surface area contributed by atoms with Gasteiger partial charge in [0.15, 0.2) is 0 Å². The summed E-state index contributed by atoms with van der Waals surface area (Å²) in [6.07, 6.45) is 4.37. The van der Waals surface area contributed by atoms with Crippen molar-refractivity contribution in [1.82, 2.24) is 0 Å². The molecule has 3 atom stereocenters. The number of carbonyl (C=O) groups is 2. The van der Waals surface area contributed by atoms with Crippen molar-refractivity contribution in [3.05, 3.63) is 60.7 Å². The monoisotopic (exact) mass is 348 g/mol. The van der Waals surface area contributed by atoms with E-state index in [0.717, 1.165) is 34.7 Å². The Labute approximate surface area is 152 Å². The lowest BCUT2D eigenvalue weighted by atomic mass is 9.82. The van der Waals surface area contributed by atoms with Crippen LogP contribution in [0, 0.1) is 5.92 Å². The Morgan fingerprint density at radius 3 is 2.04 bits per heavy atom. The molecule has 26 heavy (non-hydrogen) atoms. The number of carbonyl (C=O) groups excluding carboxylic acids is 2. The highest BCUT2D eigenvalue weighted by Gasteiger charge is 2.47. The first-order chi connectivity index (χ1) is 12.5. The van der Waals surface area contributed by atoms with Crippen molar-refractivity contribution in [1.29, 1.82) is 0 Å². The van der Waals surface area contributed by atoms with Crippen molar-refractivity contribution in [2.24, 2.45) is 5.92 Å². The fourth-order valence-electron chi connectivity index (χ4n) is 4.58. The summed E-state index contributed by atoms with van der Waals surface area (Å²) in [5.41, 5.74) is 2.02. The van der Waals surface area contributed by atoms with Crippen LogP contribution in [0.2, 0.25) is 0 Å². The zero-order valence-electron chi connectivity index (χ0n) is 14.7. The van der Waals surface area contributed by atoms with Crippen LogP contribution in [0.15, 0.2) is 49.6 Å². The maximum atomic E-state index is 12.0. The molecule has 3 unspecified atom stereocenters. The van der Waals surface area contributed by atoms with Crippen LogP contribution >= 0.6 is 0 Å². The third-order valence-corrected chi connectivity index (χ3v) is 5.60. The van der Waals surface area contributed by atoms with Gasteiger partial charge < -0.3 is 9.47 Å². The molecule has 2 aromatic rings. The topological polar surface area (TPSA) is 52.6 Å². The van der Waals surface area contributed by atoms with E-state index in [1.165, 1.54) is 12.2 Å². The van der Waals surface area contributed by atoms with Gasteiger partial charge in [-0.15, -0.1) is 0 Å². The van der Waals surface area contributed by atoms with Crippen LogP contribution < -0.4 is 9.47 Å². The van der Waals surface area contributed by atoms with E-state index in [2.05, 4.69) is 20.1 Å². The van der Waals surface area contributed by atoms with Crippen molar-refractivity contribution in [3.8, 4) is 11.5 Å². The molecule has 1 fully saturated rings. The minimum atomic E-state index is -0.483. The molecule has 2 aliphatic carbocycles. The van der Waals surface area contributed by atoms with Crippen LogP contribution in [0.1, 0.15) is 42.7 Å². The molecule has 4 heteroatoms. The van der Waals surface area contributed by atoms with E-state index in [1.807, 2.05) is 24.3 Å². The van der Waals surface area contributed by atoms with Gasteiger partial charge in [-0.3, -0.25) is 0 Å². The molecule has 0 saturated heterocycles. The van der Waals surface area contributed by atoms with Crippen molar-refractivity contribution >= 4 is 22.7 Å². The van der Waals surface area contributed by atoms with Crippen LogP contribution in [0.3, 0.4) is 0 Å². The summed E-state index contributed by atoms with van der Waals surface area (Å²) in [4.78, 5) is 23.9. The third-order valence-electron chi connectivity index (χ3n) is 5.60. The Kier molecular flexibility index (Phi) is 3.91. The average molecular weight is 348 g/mol. The van der Waals surface area contributed by atoms with Crippen molar-refractivity contribution in [2.45, 2.75) is 31.6 Å². The van der Waals surface area contributed by atoms with E-state index in [0.29, 0.717) is 29.3 Å². The molecule has 2 bridgehead atoms. The van der Waals surface area contributed by atoms with Gasteiger partial charge in [-0.05, 0) is 30.6 Å². The van der Waals surface area contributed by atoms with Crippen LogP contribution in [0.4, 0.5) is 0 Å². The predicted octanol–water partition coefficient (Wildman–Crippen LogP) is 4.63. The molecular formula is C22H20O4. The zero-order chi connectivity index (χ0) is 18.4. The second-order valence-corrected chi connectivity index (χ2v) is 7.03. The molecule has 1 saturated carbocycles. The molecule has 4 nitrogen and oxygen atoms in total. The molecule has 0 heterocycles. The zero-order valence-corrected chi connectivity index (χ0v) is 14.7. The molecule has 132 valence electrons. The summed E-state index contributed by atoms with van der Waals surface area (Å²) in [6, 6.07) is 7.55. The molecule has 2 aromatic carbocycles. The van der Waals surface area contributed by atoms with Gasteiger partial charge in [-0.2, -0.15) is 0 Å². The largest absolute Gasteiger partial charge is 0.422 e. The lowest BCUT2D eigenvalue weighted by Gasteiger charge is -2.27. The average Bonchev–Trinajstić information content (AvgIpc) is 3.21. The smallest absolute Gasteiger partial charge is 0.335 e.